The average molecular weight is 536 g/mol. The van der Waals surface area contributed by atoms with E-state index < -0.39 is 34.1 Å². The van der Waals surface area contributed by atoms with Crippen LogP contribution in [0.1, 0.15) is 45.7 Å². The molecule has 0 saturated carbocycles. The van der Waals surface area contributed by atoms with Crippen molar-refractivity contribution in [2.75, 3.05) is 10.8 Å². The van der Waals surface area contributed by atoms with Gasteiger partial charge in [-0.25, -0.2) is 8.42 Å². The van der Waals surface area contributed by atoms with E-state index in [0.29, 0.717) is 12.1 Å². The summed E-state index contributed by atoms with van der Waals surface area (Å²) in [4.78, 5) is 28.6. The monoisotopic (exact) mass is 535 g/mol. The number of benzene rings is 3. The summed E-state index contributed by atoms with van der Waals surface area (Å²) in [5, 5.41) is 2.93. The Morgan fingerprint density at radius 2 is 1.42 bits per heavy atom. The minimum atomic E-state index is -4.08. The van der Waals surface area contributed by atoms with Gasteiger partial charge in [0.15, 0.2) is 0 Å². The fraction of sp³-hybridized carbons (Fsp3) is 0.333. The molecule has 2 amide bonds. The summed E-state index contributed by atoms with van der Waals surface area (Å²) in [5.74, 6) is -0.788. The van der Waals surface area contributed by atoms with E-state index in [-0.39, 0.29) is 17.3 Å². The Balaban J connectivity index is 2.05. The molecule has 0 aliphatic carbocycles. The van der Waals surface area contributed by atoms with Crippen LogP contribution in [-0.2, 0) is 32.6 Å². The highest BCUT2D eigenvalue weighted by molar-refractivity contribution is 7.92. The fourth-order valence-corrected chi connectivity index (χ4v) is 5.60. The van der Waals surface area contributed by atoms with Crippen LogP contribution in [0.25, 0.3) is 0 Å². The van der Waals surface area contributed by atoms with Crippen molar-refractivity contribution in [3.05, 3.63) is 96.1 Å². The number of carbonyl (C=O) groups excluding carboxylic acids is 2. The molecule has 0 aromatic heterocycles. The Bertz CT molecular complexity index is 1340. The molecule has 0 fully saturated rings. The van der Waals surface area contributed by atoms with Gasteiger partial charge in [0, 0.05) is 12.1 Å². The van der Waals surface area contributed by atoms with Crippen molar-refractivity contribution in [3.8, 4) is 0 Å². The van der Waals surface area contributed by atoms with Crippen molar-refractivity contribution >= 4 is 27.5 Å². The van der Waals surface area contributed by atoms with E-state index in [2.05, 4.69) is 5.32 Å². The number of sulfonamides is 1. The van der Waals surface area contributed by atoms with E-state index >= 15 is 0 Å². The number of anilines is 1. The molecular formula is C30H37N3O4S. The second-order valence-electron chi connectivity index (χ2n) is 10.2. The van der Waals surface area contributed by atoms with Gasteiger partial charge in [-0.05, 0) is 63.4 Å². The molecule has 8 heteroatoms. The predicted octanol–water partition coefficient (Wildman–Crippen LogP) is 4.78. The maximum absolute atomic E-state index is 14.0. The molecular weight excluding hydrogens is 498 g/mol. The zero-order chi connectivity index (χ0) is 27.9. The Hall–Kier alpha value is -3.65. The van der Waals surface area contributed by atoms with Crippen LogP contribution >= 0.6 is 0 Å². The van der Waals surface area contributed by atoms with E-state index in [1.807, 2.05) is 70.2 Å². The molecule has 0 spiro atoms. The summed E-state index contributed by atoms with van der Waals surface area (Å²) in [7, 11) is -4.08. The lowest BCUT2D eigenvalue weighted by Gasteiger charge is -2.34. The maximum atomic E-state index is 14.0. The van der Waals surface area contributed by atoms with Gasteiger partial charge < -0.3 is 10.2 Å². The molecule has 0 heterocycles. The Morgan fingerprint density at radius 3 is 2.00 bits per heavy atom. The molecule has 3 aromatic carbocycles. The highest BCUT2D eigenvalue weighted by Gasteiger charge is 2.33. The lowest BCUT2D eigenvalue weighted by atomic mass is 10.1. The standard InChI is InChI=1S/C30H37N3O4S/c1-6-25-17-13-14-20-27(25)33(38(36,37)26-18-11-8-12-19-26)22-28(34)32(21-24-15-9-7-10-16-24)23(2)29(35)31-30(3,4)5/h7-20,23H,6,21-22H2,1-5H3,(H,31,35). The van der Waals surface area contributed by atoms with Gasteiger partial charge in [-0.15, -0.1) is 0 Å². The van der Waals surface area contributed by atoms with E-state index in [4.69, 9.17) is 0 Å². The summed E-state index contributed by atoms with van der Waals surface area (Å²) in [6.45, 7) is 8.93. The van der Waals surface area contributed by atoms with Gasteiger partial charge in [-0.2, -0.15) is 0 Å². The molecule has 1 N–H and O–H groups in total. The van der Waals surface area contributed by atoms with Crippen molar-refractivity contribution in [2.45, 2.75) is 64.1 Å². The molecule has 0 aliphatic heterocycles. The molecule has 202 valence electrons. The summed E-state index contributed by atoms with van der Waals surface area (Å²) >= 11 is 0. The molecule has 0 radical (unpaired) electrons. The first-order chi connectivity index (χ1) is 17.9. The highest BCUT2D eigenvalue weighted by Crippen LogP contribution is 2.28. The van der Waals surface area contributed by atoms with Crippen LogP contribution in [0.5, 0.6) is 0 Å². The van der Waals surface area contributed by atoms with Gasteiger partial charge in [0.2, 0.25) is 11.8 Å². The van der Waals surface area contributed by atoms with Crippen molar-refractivity contribution in [3.63, 3.8) is 0 Å². The van der Waals surface area contributed by atoms with Crippen molar-refractivity contribution in [1.29, 1.82) is 0 Å². The first-order valence-corrected chi connectivity index (χ1v) is 14.2. The number of nitrogens with one attached hydrogen (secondary N) is 1. The number of rotatable bonds is 10. The second kappa shape index (κ2) is 12.3. The summed E-state index contributed by atoms with van der Waals surface area (Å²) in [6.07, 6.45) is 0.587. The maximum Gasteiger partial charge on any atom is 0.264 e. The van der Waals surface area contributed by atoms with E-state index in [0.717, 1.165) is 15.4 Å². The van der Waals surface area contributed by atoms with Gasteiger partial charge in [0.05, 0.1) is 10.6 Å². The minimum Gasteiger partial charge on any atom is -0.350 e. The van der Waals surface area contributed by atoms with Gasteiger partial charge in [0.25, 0.3) is 10.0 Å². The number of amides is 2. The second-order valence-corrected chi connectivity index (χ2v) is 12.1. The zero-order valence-corrected chi connectivity index (χ0v) is 23.5. The SMILES string of the molecule is CCc1ccccc1N(CC(=O)N(Cc1ccccc1)C(C)C(=O)NC(C)(C)C)S(=O)(=O)c1ccccc1. The van der Waals surface area contributed by atoms with Gasteiger partial charge >= 0.3 is 0 Å². The first-order valence-electron chi connectivity index (χ1n) is 12.7. The molecule has 7 nitrogen and oxygen atoms in total. The molecule has 0 saturated heterocycles. The number of para-hydroxylation sites is 1. The molecule has 38 heavy (non-hydrogen) atoms. The largest absolute Gasteiger partial charge is 0.350 e. The number of carbonyl (C=O) groups is 2. The van der Waals surface area contributed by atoms with Crippen LogP contribution in [-0.4, -0.2) is 43.3 Å². The molecule has 1 unspecified atom stereocenters. The van der Waals surface area contributed by atoms with Crippen LogP contribution in [0.15, 0.2) is 89.8 Å². The zero-order valence-electron chi connectivity index (χ0n) is 22.7. The summed E-state index contributed by atoms with van der Waals surface area (Å²) in [6, 6.07) is 23.8. The number of hydrogen-bond acceptors (Lipinski definition) is 4. The van der Waals surface area contributed by atoms with Crippen LogP contribution in [0.2, 0.25) is 0 Å². The molecule has 3 rings (SSSR count). The lowest BCUT2D eigenvalue weighted by Crippen LogP contribution is -2.54. The average Bonchev–Trinajstić information content (AvgIpc) is 2.90. The quantitative estimate of drug-likeness (QED) is 0.405. The van der Waals surface area contributed by atoms with E-state index in [1.165, 1.54) is 17.0 Å². The fourth-order valence-electron chi connectivity index (χ4n) is 4.12. The third-order valence-corrected chi connectivity index (χ3v) is 7.89. The molecule has 0 aliphatic rings. The topological polar surface area (TPSA) is 86.8 Å². The summed E-state index contributed by atoms with van der Waals surface area (Å²) in [5.41, 5.74) is 1.59. The third-order valence-electron chi connectivity index (χ3n) is 6.11. The van der Waals surface area contributed by atoms with Crippen LogP contribution in [0, 0.1) is 0 Å². The Labute approximate surface area is 226 Å². The van der Waals surface area contributed by atoms with Crippen molar-refractivity contribution < 1.29 is 18.0 Å². The van der Waals surface area contributed by atoms with Crippen LogP contribution in [0.4, 0.5) is 5.69 Å². The Morgan fingerprint density at radius 1 is 0.868 bits per heavy atom. The smallest absolute Gasteiger partial charge is 0.264 e. The number of aryl methyl sites for hydroxylation is 1. The normalized spacial score (nSPS) is 12.4. The Kier molecular flexibility index (Phi) is 9.33. The van der Waals surface area contributed by atoms with E-state index in [9.17, 15) is 18.0 Å². The predicted molar refractivity (Wildman–Crippen MR) is 151 cm³/mol. The lowest BCUT2D eigenvalue weighted by molar-refractivity contribution is -0.140. The van der Waals surface area contributed by atoms with E-state index in [1.54, 1.807) is 37.3 Å². The van der Waals surface area contributed by atoms with Crippen molar-refractivity contribution in [2.24, 2.45) is 0 Å². The highest BCUT2D eigenvalue weighted by atomic mass is 32.2. The minimum absolute atomic E-state index is 0.0897. The number of nitrogens with zero attached hydrogens (tertiary/aromatic N) is 2. The van der Waals surface area contributed by atoms with Crippen LogP contribution in [0.3, 0.4) is 0 Å². The van der Waals surface area contributed by atoms with Crippen LogP contribution < -0.4 is 9.62 Å². The van der Waals surface area contributed by atoms with Crippen molar-refractivity contribution in [1.82, 2.24) is 10.2 Å². The first kappa shape index (κ1) is 28.9. The third kappa shape index (κ3) is 7.22. The summed E-state index contributed by atoms with van der Waals surface area (Å²) < 4.78 is 28.9. The number of hydrogen-bond donors (Lipinski definition) is 1. The molecule has 0 bridgehead atoms. The molecule has 3 aromatic rings. The van der Waals surface area contributed by atoms with Gasteiger partial charge in [-0.1, -0.05) is 73.7 Å². The van der Waals surface area contributed by atoms with Gasteiger partial charge in [-0.3, -0.25) is 13.9 Å². The molecule has 1 atom stereocenters. The van der Waals surface area contributed by atoms with Gasteiger partial charge in [0.1, 0.15) is 12.6 Å².